The van der Waals surface area contributed by atoms with Crippen LogP contribution in [-0.4, -0.2) is 16.0 Å². The van der Waals surface area contributed by atoms with Crippen LogP contribution in [0.5, 0.6) is 5.75 Å². The van der Waals surface area contributed by atoms with Crippen molar-refractivity contribution < 1.29 is 9.90 Å². The van der Waals surface area contributed by atoms with E-state index in [9.17, 15) is 15.2 Å². The number of phenols is 1. The third kappa shape index (κ3) is 2.91. The Bertz CT molecular complexity index is 800. The summed E-state index contributed by atoms with van der Waals surface area (Å²) in [6.45, 7) is 5.83. The van der Waals surface area contributed by atoms with Gasteiger partial charge in [0, 0.05) is 10.4 Å². The van der Waals surface area contributed by atoms with Crippen molar-refractivity contribution in [3.8, 4) is 22.4 Å². The molecule has 0 aliphatic carbocycles. The van der Waals surface area contributed by atoms with Crippen molar-refractivity contribution >= 4 is 28.8 Å². The van der Waals surface area contributed by atoms with Crippen LogP contribution in [0.3, 0.4) is 0 Å². The van der Waals surface area contributed by atoms with E-state index in [0.29, 0.717) is 21.1 Å². The molecule has 1 aromatic carbocycles. The SMILES string of the molecule is CC(C)(C)c1nc(-c2cc(Cl)cc(C(N)=O)c2O)sc1C#N. The molecule has 7 heteroatoms. The zero-order valence-electron chi connectivity index (χ0n) is 12.3. The summed E-state index contributed by atoms with van der Waals surface area (Å²) in [6.07, 6.45) is 0. The molecular formula is C15H14ClN3O2S. The van der Waals surface area contributed by atoms with Crippen LogP contribution in [0.2, 0.25) is 5.02 Å². The number of nitrogens with zero attached hydrogens (tertiary/aromatic N) is 2. The Balaban J connectivity index is 2.71. The van der Waals surface area contributed by atoms with Gasteiger partial charge in [0.25, 0.3) is 5.91 Å². The van der Waals surface area contributed by atoms with Crippen molar-refractivity contribution in [2.24, 2.45) is 5.73 Å². The van der Waals surface area contributed by atoms with Crippen LogP contribution in [-0.2, 0) is 5.41 Å². The molecule has 2 rings (SSSR count). The fourth-order valence-corrected chi connectivity index (χ4v) is 3.28. The number of amides is 1. The molecule has 2 aromatic rings. The molecule has 0 saturated heterocycles. The van der Waals surface area contributed by atoms with Gasteiger partial charge >= 0.3 is 0 Å². The van der Waals surface area contributed by atoms with E-state index < -0.39 is 5.91 Å². The number of hydrogen-bond acceptors (Lipinski definition) is 5. The molecule has 22 heavy (non-hydrogen) atoms. The lowest BCUT2D eigenvalue weighted by atomic mass is 9.91. The number of nitrogens with two attached hydrogens (primary N) is 1. The minimum Gasteiger partial charge on any atom is -0.506 e. The third-order valence-electron chi connectivity index (χ3n) is 3.01. The second kappa shape index (κ2) is 5.59. The van der Waals surface area contributed by atoms with Crippen LogP contribution in [0.15, 0.2) is 12.1 Å². The summed E-state index contributed by atoms with van der Waals surface area (Å²) in [4.78, 5) is 16.3. The molecule has 0 aliphatic heterocycles. The molecular weight excluding hydrogens is 322 g/mol. The number of halogens is 1. The Morgan fingerprint density at radius 2 is 2.09 bits per heavy atom. The molecule has 0 radical (unpaired) electrons. The Kier molecular flexibility index (Phi) is 4.14. The molecule has 0 aliphatic rings. The second-order valence-corrected chi connectivity index (χ2v) is 7.21. The van der Waals surface area contributed by atoms with Gasteiger partial charge in [0.05, 0.1) is 16.8 Å². The highest BCUT2D eigenvalue weighted by molar-refractivity contribution is 7.15. The van der Waals surface area contributed by atoms with Gasteiger partial charge in [0.15, 0.2) is 0 Å². The highest BCUT2D eigenvalue weighted by Crippen LogP contribution is 2.40. The lowest BCUT2D eigenvalue weighted by Gasteiger charge is -2.15. The molecule has 5 nitrogen and oxygen atoms in total. The Morgan fingerprint density at radius 3 is 2.55 bits per heavy atom. The van der Waals surface area contributed by atoms with Crippen molar-refractivity contribution in [1.29, 1.82) is 5.26 Å². The highest BCUT2D eigenvalue weighted by Gasteiger charge is 2.25. The number of aromatic nitrogens is 1. The van der Waals surface area contributed by atoms with Crippen LogP contribution >= 0.6 is 22.9 Å². The first kappa shape index (κ1) is 16.3. The summed E-state index contributed by atoms with van der Waals surface area (Å²) in [6, 6.07) is 4.91. The van der Waals surface area contributed by atoms with E-state index in [2.05, 4.69) is 11.1 Å². The van der Waals surface area contributed by atoms with Gasteiger partial charge in [0.1, 0.15) is 21.7 Å². The number of carbonyl (C=O) groups is 1. The van der Waals surface area contributed by atoms with Crippen LogP contribution in [0.25, 0.3) is 10.6 Å². The van der Waals surface area contributed by atoms with Crippen LogP contribution < -0.4 is 5.73 Å². The summed E-state index contributed by atoms with van der Waals surface area (Å²) < 4.78 is 0. The number of aromatic hydroxyl groups is 1. The van der Waals surface area contributed by atoms with Gasteiger partial charge in [0.2, 0.25) is 0 Å². The summed E-state index contributed by atoms with van der Waals surface area (Å²) in [5.41, 5.74) is 5.76. The number of carbonyl (C=O) groups excluding carboxylic acids is 1. The smallest absolute Gasteiger partial charge is 0.252 e. The Labute approximate surface area is 137 Å². The quantitative estimate of drug-likeness (QED) is 0.877. The molecule has 0 fully saturated rings. The molecule has 1 heterocycles. The van der Waals surface area contributed by atoms with Crippen LogP contribution in [0.1, 0.15) is 41.7 Å². The molecule has 0 bridgehead atoms. The molecule has 0 spiro atoms. The van der Waals surface area contributed by atoms with Gasteiger partial charge in [-0.15, -0.1) is 11.3 Å². The van der Waals surface area contributed by atoms with Crippen molar-refractivity contribution in [2.75, 3.05) is 0 Å². The van der Waals surface area contributed by atoms with E-state index in [4.69, 9.17) is 17.3 Å². The molecule has 0 unspecified atom stereocenters. The maximum absolute atomic E-state index is 11.4. The van der Waals surface area contributed by atoms with Crippen molar-refractivity contribution in [3.63, 3.8) is 0 Å². The second-order valence-electron chi connectivity index (χ2n) is 5.77. The van der Waals surface area contributed by atoms with E-state index in [1.54, 1.807) is 0 Å². The van der Waals surface area contributed by atoms with Gasteiger partial charge in [-0.3, -0.25) is 4.79 Å². The number of rotatable bonds is 2. The van der Waals surface area contributed by atoms with E-state index in [1.165, 1.54) is 12.1 Å². The molecule has 1 aromatic heterocycles. The standard InChI is InChI=1S/C15H14ClN3O2S/c1-15(2,3)12-10(6-17)22-14(19-12)9-5-7(16)4-8(11(9)20)13(18)21/h4-5,20H,1-3H3,(H2,18,21). The minimum absolute atomic E-state index is 0.0754. The summed E-state index contributed by atoms with van der Waals surface area (Å²) >= 11 is 7.12. The van der Waals surface area contributed by atoms with Crippen LogP contribution in [0.4, 0.5) is 0 Å². The normalized spacial score (nSPS) is 11.2. The maximum Gasteiger partial charge on any atom is 0.252 e. The zero-order chi connectivity index (χ0) is 16.7. The zero-order valence-corrected chi connectivity index (χ0v) is 13.8. The van der Waals surface area contributed by atoms with E-state index in [-0.39, 0.29) is 21.8 Å². The lowest BCUT2D eigenvalue weighted by Crippen LogP contribution is -2.13. The largest absolute Gasteiger partial charge is 0.506 e. The fraction of sp³-hybridized carbons (Fsp3) is 0.267. The van der Waals surface area contributed by atoms with Gasteiger partial charge in [-0.25, -0.2) is 4.98 Å². The molecule has 3 N–H and O–H groups in total. The highest BCUT2D eigenvalue weighted by atomic mass is 35.5. The molecule has 114 valence electrons. The maximum atomic E-state index is 11.4. The van der Waals surface area contributed by atoms with Gasteiger partial charge in [-0.1, -0.05) is 32.4 Å². The summed E-state index contributed by atoms with van der Waals surface area (Å²) in [5, 5.41) is 20.2. The van der Waals surface area contributed by atoms with Crippen molar-refractivity contribution in [2.45, 2.75) is 26.2 Å². The number of benzene rings is 1. The van der Waals surface area contributed by atoms with Gasteiger partial charge < -0.3 is 10.8 Å². The average molecular weight is 336 g/mol. The van der Waals surface area contributed by atoms with Crippen molar-refractivity contribution in [1.82, 2.24) is 4.98 Å². The number of nitriles is 1. The average Bonchev–Trinajstić information content (AvgIpc) is 2.84. The lowest BCUT2D eigenvalue weighted by molar-refractivity contribution is 0.0998. The Hall–Kier alpha value is -2.10. The summed E-state index contributed by atoms with van der Waals surface area (Å²) in [5.74, 6) is -1.06. The predicted molar refractivity (Wildman–Crippen MR) is 86.2 cm³/mol. The third-order valence-corrected chi connectivity index (χ3v) is 4.22. The predicted octanol–water partition coefficient (Wildman–Crippen LogP) is 3.44. The van der Waals surface area contributed by atoms with E-state index in [1.807, 2.05) is 20.8 Å². The first-order valence-electron chi connectivity index (χ1n) is 6.39. The summed E-state index contributed by atoms with van der Waals surface area (Å²) in [7, 11) is 0. The molecule has 1 amide bonds. The van der Waals surface area contributed by atoms with E-state index in [0.717, 1.165) is 11.3 Å². The van der Waals surface area contributed by atoms with Crippen molar-refractivity contribution in [3.05, 3.63) is 33.3 Å². The molecule has 0 saturated carbocycles. The van der Waals surface area contributed by atoms with E-state index >= 15 is 0 Å². The minimum atomic E-state index is -0.783. The van der Waals surface area contributed by atoms with Gasteiger partial charge in [-0.05, 0) is 12.1 Å². The Morgan fingerprint density at radius 1 is 1.45 bits per heavy atom. The topological polar surface area (TPSA) is 100 Å². The first-order valence-corrected chi connectivity index (χ1v) is 7.58. The van der Waals surface area contributed by atoms with Crippen LogP contribution in [0, 0.1) is 11.3 Å². The molecule has 0 atom stereocenters. The fourth-order valence-electron chi connectivity index (χ4n) is 1.97. The monoisotopic (exact) mass is 335 g/mol. The first-order chi connectivity index (χ1) is 10.1. The number of hydrogen-bond donors (Lipinski definition) is 2. The van der Waals surface area contributed by atoms with Gasteiger partial charge in [-0.2, -0.15) is 5.26 Å². The number of thiazole rings is 1. The number of primary amides is 1.